The Morgan fingerprint density at radius 1 is 0.276 bits per heavy atom. The van der Waals surface area contributed by atoms with Crippen molar-refractivity contribution < 1.29 is 4.42 Å². The largest absolute Gasteiger partial charge is 0.456 e. The Labute approximate surface area is 444 Å². The minimum atomic E-state index is -0.387. The monoisotopic (exact) mass is 1000 g/mol. The number of rotatable bonds is 5. The maximum Gasteiger partial charge on any atom is 0.164 e. The van der Waals surface area contributed by atoms with Gasteiger partial charge in [-0.05, 0) is 127 Å². The normalized spacial score (nSPS) is 13.1. The lowest BCUT2D eigenvalue weighted by molar-refractivity contribution is 0.669. The van der Waals surface area contributed by atoms with E-state index in [0.717, 1.165) is 55.1 Å². The smallest absolute Gasteiger partial charge is 0.164 e. The van der Waals surface area contributed by atoms with Crippen molar-refractivity contribution in [1.29, 1.82) is 0 Å². The Morgan fingerprint density at radius 2 is 0.750 bits per heavy atom. The Morgan fingerprint density at radius 3 is 1.46 bits per heavy atom. The first-order valence-electron chi connectivity index (χ1n) is 25.7. The Hall–Kier alpha value is -9.33. The van der Waals surface area contributed by atoms with Crippen LogP contribution in [-0.4, -0.2) is 15.0 Å². The molecule has 76 heavy (non-hydrogen) atoms. The van der Waals surface area contributed by atoms with E-state index < -0.39 is 0 Å². The van der Waals surface area contributed by atoms with E-state index in [4.69, 9.17) is 19.4 Å². The summed E-state index contributed by atoms with van der Waals surface area (Å²) in [5, 5.41) is 6.77. The highest BCUT2D eigenvalue weighted by Crippen LogP contribution is 2.63. The predicted molar refractivity (Wildman–Crippen MR) is 316 cm³/mol. The molecular formula is C70H39N3OS2. The number of hydrogen-bond donors (Lipinski definition) is 0. The summed E-state index contributed by atoms with van der Waals surface area (Å²) in [6.07, 6.45) is 0. The molecule has 0 aliphatic heterocycles. The van der Waals surface area contributed by atoms with Gasteiger partial charge in [0.25, 0.3) is 0 Å². The molecule has 15 aromatic rings. The lowest BCUT2D eigenvalue weighted by Crippen LogP contribution is -2.25. The van der Waals surface area contributed by atoms with Crippen molar-refractivity contribution in [3.8, 4) is 78.7 Å². The molecule has 0 radical (unpaired) electrons. The molecule has 0 saturated heterocycles. The van der Waals surface area contributed by atoms with E-state index in [1.807, 2.05) is 23.5 Å². The average molecular weight is 1000 g/mol. The molecule has 2 aliphatic carbocycles. The number of aromatic nitrogens is 3. The molecule has 352 valence electrons. The Balaban J connectivity index is 0.795. The summed E-state index contributed by atoms with van der Waals surface area (Å²) in [4.78, 5) is 16.1. The van der Waals surface area contributed by atoms with Crippen LogP contribution in [0.3, 0.4) is 0 Å². The van der Waals surface area contributed by atoms with Gasteiger partial charge in [-0.1, -0.05) is 176 Å². The highest BCUT2D eigenvalue weighted by atomic mass is 32.1. The zero-order valence-electron chi connectivity index (χ0n) is 40.6. The first-order chi connectivity index (χ1) is 37.6. The van der Waals surface area contributed by atoms with E-state index in [2.05, 4.69) is 224 Å². The van der Waals surface area contributed by atoms with Gasteiger partial charge in [0.1, 0.15) is 11.2 Å². The molecule has 0 bridgehead atoms. The van der Waals surface area contributed by atoms with Crippen LogP contribution in [0.4, 0.5) is 0 Å². The molecular weight excluding hydrogens is 963 g/mol. The summed E-state index contributed by atoms with van der Waals surface area (Å²) >= 11 is 3.61. The van der Waals surface area contributed by atoms with E-state index in [9.17, 15) is 0 Å². The van der Waals surface area contributed by atoms with Crippen LogP contribution in [0.2, 0.25) is 0 Å². The fourth-order valence-electron chi connectivity index (χ4n) is 12.9. The molecule has 4 heterocycles. The van der Waals surface area contributed by atoms with Gasteiger partial charge in [-0.3, -0.25) is 0 Å². The number of thiophene rings is 2. The van der Waals surface area contributed by atoms with Crippen LogP contribution in [0.5, 0.6) is 0 Å². The second-order valence-electron chi connectivity index (χ2n) is 20.1. The molecule has 11 aromatic carbocycles. The van der Waals surface area contributed by atoms with E-state index in [1.165, 1.54) is 90.6 Å². The van der Waals surface area contributed by atoms with Gasteiger partial charge >= 0.3 is 0 Å². The highest BCUT2D eigenvalue weighted by molar-refractivity contribution is 7.26. The molecule has 0 saturated carbocycles. The lowest BCUT2D eigenvalue weighted by atomic mass is 9.70. The van der Waals surface area contributed by atoms with Crippen molar-refractivity contribution in [3.63, 3.8) is 0 Å². The third-order valence-electron chi connectivity index (χ3n) is 16.2. The molecule has 0 amide bonds. The summed E-state index contributed by atoms with van der Waals surface area (Å²) in [7, 11) is 0. The highest BCUT2D eigenvalue weighted by Gasteiger charge is 2.51. The van der Waals surface area contributed by atoms with E-state index in [-0.39, 0.29) is 5.41 Å². The fourth-order valence-corrected chi connectivity index (χ4v) is 15.1. The summed E-state index contributed by atoms with van der Waals surface area (Å²) in [6, 6.07) is 86.2. The molecule has 6 heteroatoms. The van der Waals surface area contributed by atoms with Crippen LogP contribution >= 0.6 is 22.7 Å². The third kappa shape index (κ3) is 5.91. The molecule has 1 spiro atoms. The second kappa shape index (κ2) is 15.8. The minimum absolute atomic E-state index is 0.387. The molecule has 0 unspecified atom stereocenters. The number of hydrogen-bond acceptors (Lipinski definition) is 6. The lowest BCUT2D eigenvalue weighted by Gasteiger charge is -2.30. The van der Waals surface area contributed by atoms with Crippen LogP contribution in [0.1, 0.15) is 22.3 Å². The number of benzene rings is 11. The SMILES string of the molecule is c1ccc2c(c1)-c1ccccc1C21c2ccccc2-c2ccc(-c3ccc(-c4ccc5oc6cccc(-c7nc(-c8ccc9sc%10ccccc%10c9c8)nc(-c8cccc9sc%10ccccc%10c89)n7)c6c5c4)cc3)cc21. The van der Waals surface area contributed by atoms with Gasteiger partial charge in [0, 0.05) is 67.8 Å². The fraction of sp³-hybridized carbons (Fsp3) is 0.0143. The molecule has 2 aliphatic rings. The summed E-state index contributed by atoms with van der Waals surface area (Å²) in [5.41, 5.74) is 19.3. The van der Waals surface area contributed by atoms with Crippen LogP contribution in [0.25, 0.3) is 141 Å². The van der Waals surface area contributed by atoms with E-state index >= 15 is 0 Å². The summed E-state index contributed by atoms with van der Waals surface area (Å²) in [6.45, 7) is 0. The molecule has 0 fully saturated rings. The standard InChI is InChI=1S/C70H39N3OS2/c1-6-20-55-45(13-1)46-14-2-7-21-56(46)70(55)57-22-8-3-15-47(57)48-34-31-43(39-58(48)70)41-29-27-40(28-30-41)42-32-35-59-54(37-42)65-51(18-11-23-60(65)74-59)68-71-67(44-33-36-63-53(38-44)49-16-4-9-24-61(49)75-63)72-69(73-68)52-19-12-26-64-66(52)50-17-5-10-25-62(50)76-64/h1-39H. The van der Waals surface area contributed by atoms with Crippen LogP contribution in [0, 0.1) is 0 Å². The van der Waals surface area contributed by atoms with Gasteiger partial charge < -0.3 is 4.42 Å². The van der Waals surface area contributed by atoms with Crippen molar-refractivity contribution in [1.82, 2.24) is 15.0 Å². The first-order valence-corrected chi connectivity index (χ1v) is 27.4. The van der Waals surface area contributed by atoms with Crippen molar-refractivity contribution >= 4 is 85.0 Å². The Kier molecular flexibility index (Phi) is 8.77. The Bertz CT molecular complexity index is 4900. The van der Waals surface area contributed by atoms with Gasteiger partial charge in [-0.2, -0.15) is 0 Å². The summed E-state index contributed by atoms with van der Waals surface area (Å²) < 4.78 is 11.6. The van der Waals surface area contributed by atoms with Crippen molar-refractivity contribution in [2.75, 3.05) is 0 Å². The van der Waals surface area contributed by atoms with Gasteiger partial charge in [-0.25, -0.2) is 15.0 Å². The minimum Gasteiger partial charge on any atom is -0.456 e. The molecule has 17 rings (SSSR count). The zero-order valence-corrected chi connectivity index (χ0v) is 42.2. The van der Waals surface area contributed by atoms with Gasteiger partial charge in [0.2, 0.25) is 0 Å². The zero-order chi connectivity index (χ0) is 49.6. The van der Waals surface area contributed by atoms with E-state index in [1.54, 1.807) is 11.3 Å². The second-order valence-corrected chi connectivity index (χ2v) is 22.3. The van der Waals surface area contributed by atoms with Crippen molar-refractivity contribution in [3.05, 3.63) is 259 Å². The van der Waals surface area contributed by atoms with Crippen LogP contribution in [0.15, 0.2) is 241 Å². The predicted octanol–water partition coefficient (Wildman–Crippen LogP) is 19.2. The van der Waals surface area contributed by atoms with Gasteiger partial charge in [0.15, 0.2) is 17.5 Å². The summed E-state index contributed by atoms with van der Waals surface area (Å²) in [5.74, 6) is 1.86. The average Bonchev–Trinajstić information content (AvgIpc) is 4.37. The topological polar surface area (TPSA) is 51.8 Å². The maximum absolute atomic E-state index is 6.66. The number of fused-ring (bicyclic) bond motifs is 19. The third-order valence-corrected chi connectivity index (χ3v) is 18.5. The van der Waals surface area contributed by atoms with Gasteiger partial charge in [-0.15, -0.1) is 22.7 Å². The van der Waals surface area contributed by atoms with Crippen LogP contribution < -0.4 is 0 Å². The van der Waals surface area contributed by atoms with Crippen LogP contribution in [-0.2, 0) is 5.41 Å². The number of furan rings is 1. The van der Waals surface area contributed by atoms with Crippen molar-refractivity contribution in [2.24, 2.45) is 0 Å². The molecule has 0 atom stereocenters. The maximum atomic E-state index is 6.66. The molecule has 4 nitrogen and oxygen atoms in total. The molecule has 4 aromatic heterocycles. The van der Waals surface area contributed by atoms with E-state index in [0.29, 0.717) is 17.5 Å². The quantitative estimate of drug-likeness (QED) is 0.172. The number of nitrogens with zero attached hydrogens (tertiary/aromatic N) is 3. The van der Waals surface area contributed by atoms with Gasteiger partial charge in [0.05, 0.1) is 5.41 Å². The molecule has 0 N–H and O–H groups in total. The first kappa shape index (κ1) is 42.1. The van der Waals surface area contributed by atoms with Crippen molar-refractivity contribution in [2.45, 2.75) is 5.41 Å².